The van der Waals surface area contributed by atoms with Crippen LogP contribution in [0.2, 0.25) is 0 Å². The van der Waals surface area contributed by atoms with E-state index in [1.54, 1.807) is 12.1 Å². The minimum absolute atomic E-state index is 0.0907. The van der Waals surface area contributed by atoms with Gasteiger partial charge in [0, 0.05) is 66.7 Å². The molecule has 0 saturated heterocycles. The van der Waals surface area contributed by atoms with Crippen LogP contribution in [0.5, 0.6) is 11.5 Å². The Morgan fingerprint density at radius 3 is 1.61 bits per heavy atom. The van der Waals surface area contributed by atoms with Crippen LogP contribution in [0, 0.1) is 6.85 Å². The molecule has 95 heavy (non-hydrogen) atoms. The summed E-state index contributed by atoms with van der Waals surface area (Å²) in [5.41, 5.74) is 26.5. The molecule has 0 unspecified atom stereocenters. The first-order valence-corrected chi connectivity index (χ1v) is 33.6. The summed E-state index contributed by atoms with van der Waals surface area (Å²) in [5, 5.41) is 2.24. The Morgan fingerprint density at radius 2 is 0.979 bits per heavy atom. The summed E-state index contributed by atoms with van der Waals surface area (Å²) < 4.78 is 34.6. The van der Waals surface area contributed by atoms with Crippen LogP contribution in [-0.2, 0) is 27.1 Å². The molecule has 16 rings (SSSR count). The lowest BCUT2D eigenvalue weighted by Gasteiger charge is -2.32. The van der Waals surface area contributed by atoms with E-state index in [9.17, 15) is 0 Å². The van der Waals surface area contributed by atoms with Gasteiger partial charge >= 0.3 is 0 Å². The van der Waals surface area contributed by atoms with Gasteiger partial charge in [0.2, 0.25) is 0 Å². The fourth-order valence-corrected chi connectivity index (χ4v) is 15.6. The van der Waals surface area contributed by atoms with Crippen LogP contribution in [0.3, 0.4) is 0 Å². The van der Waals surface area contributed by atoms with Crippen LogP contribution < -0.4 is 14.5 Å². The van der Waals surface area contributed by atoms with Crippen LogP contribution in [0.25, 0.3) is 83.3 Å². The third-order valence-electron chi connectivity index (χ3n) is 20.4. The molecule has 2 aromatic heterocycles. The van der Waals surface area contributed by atoms with E-state index in [0.29, 0.717) is 18.0 Å². The Kier molecular flexibility index (Phi) is 12.8. The van der Waals surface area contributed by atoms with Crippen molar-refractivity contribution in [2.45, 2.75) is 117 Å². The van der Waals surface area contributed by atoms with Gasteiger partial charge in [-0.2, -0.15) is 0 Å². The lowest BCUT2D eigenvalue weighted by Crippen LogP contribution is -2.26. The van der Waals surface area contributed by atoms with Crippen molar-refractivity contribution in [2.75, 3.05) is 16.5 Å². The summed E-state index contributed by atoms with van der Waals surface area (Å²) in [6, 6.07) is 88.5. The zero-order chi connectivity index (χ0) is 68.2. The molecular formula is C90H82N4O. The number of benzene rings is 11. The largest absolute Gasteiger partial charge is 0.457 e. The van der Waals surface area contributed by atoms with Crippen LogP contribution in [0.1, 0.15) is 137 Å². The number of aryl methyl sites for hydroxylation is 1. The van der Waals surface area contributed by atoms with E-state index in [1.807, 2.05) is 18.3 Å². The van der Waals surface area contributed by atoms with E-state index in [-0.39, 0.29) is 21.7 Å². The molecule has 0 N–H and O–H groups in total. The minimum Gasteiger partial charge on any atom is -0.457 e. The number of rotatable bonds is 8. The van der Waals surface area contributed by atoms with E-state index in [4.69, 9.17) is 13.8 Å². The Balaban J connectivity index is 0.908. The number of fused-ring (bicyclic) bond motifs is 15. The van der Waals surface area contributed by atoms with Crippen molar-refractivity contribution in [1.82, 2.24) is 9.55 Å². The highest BCUT2D eigenvalue weighted by Gasteiger charge is 2.54. The van der Waals surface area contributed by atoms with Crippen LogP contribution in [0.4, 0.5) is 22.7 Å². The Hall–Kier alpha value is -10.2. The topological polar surface area (TPSA) is 33.5 Å². The second kappa shape index (κ2) is 21.7. The van der Waals surface area contributed by atoms with Crippen molar-refractivity contribution in [1.29, 1.82) is 0 Å². The van der Waals surface area contributed by atoms with Crippen molar-refractivity contribution in [2.24, 2.45) is 0 Å². The zero-order valence-electron chi connectivity index (χ0n) is 59.6. The van der Waals surface area contributed by atoms with Gasteiger partial charge in [0.15, 0.2) is 0 Å². The molecule has 1 spiro atoms. The number of hydrogen-bond acceptors (Lipinski definition) is 4. The smallest absolute Gasteiger partial charge is 0.137 e. The van der Waals surface area contributed by atoms with Crippen LogP contribution >= 0.6 is 0 Å². The highest BCUT2D eigenvalue weighted by atomic mass is 16.5. The lowest BCUT2D eigenvalue weighted by molar-refractivity contribution is 0.472. The number of pyridine rings is 1. The molecule has 0 atom stereocenters. The fraction of sp³-hybridized carbons (Fsp3) is 0.211. The first-order chi connectivity index (χ1) is 46.8. The molecule has 5 heteroatoms. The van der Waals surface area contributed by atoms with E-state index in [2.05, 4.69) is 316 Å². The van der Waals surface area contributed by atoms with Gasteiger partial charge in [0.05, 0.1) is 33.5 Å². The predicted octanol–water partition coefficient (Wildman–Crippen LogP) is 24.1. The van der Waals surface area contributed by atoms with Crippen molar-refractivity contribution >= 4 is 44.6 Å². The molecule has 11 aromatic carbocycles. The summed E-state index contributed by atoms with van der Waals surface area (Å²) >= 11 is 0. The number of anilines is 4. The molecule has 3 aliphatic rings. The number of ether oxygens (including phenoxy) is 1. The molecule has 0 bridgehead atoms. The van der Waals surface area contributed by atoms with Gasteiger partial charge in [-0.05, 0) is 149 Å². The lowest BCUT2D eigenvalue weighted by atomic mass is 9.70. The Morgan fingerprint density at radius 1 is 0.432 bits per heavy atom. The maximum atomic E-state index is 8.12. The maximum absolute atomic E-state index is 8.12. The number of para-hydroxylation sites is 3. The second-order valence-corrected chi connectivity index (χ2v) is 30.6. The monoisotopic (exact) mass is 1240 g/mol. The quantitative estimate of drug-likeness (QED) is 0.152. The van der Waals surface area contributed by atoms with Crippen LogP contribution in [-0.4, -0.2) is 16.2 Å². The van der Waals surface area contributed by atoms with E-state index in [0.717, 1.165) is 78.3 Å². The van der Waals surface area contributed by atoms with E-state index < -0.39 is 12.3 Å². The fourth-order valence-electron chi connectivity index (χ4n) is 15.6. The van der Waals surface area contributed by atoms with Crippen molar-refractivity contribution in [3.05, 3.63) is 299 Å². The van der Waals surface area contributed by atoms with Gasteiger partial charge < -0.3 is 14.5 Å². The normalized spacial score (nSPS) is 14.5. The van der Waals surface area contributed by atoms with Gasteiger partial charge in [-0.3, -0.25) is 4.57 Å². The SMILES string of the molecule is [2H]C([2H])([2H])c1ccc(-c2cnc(-n3c4ccccc4c4c5c(c(Oc6cccc(N7CN(c8c(-c9ccccc9)cc(C(C)(C)C)cc8-c8cc(C(C)(C)C)cc(C(C)(C)C)c8)c8ccccc87)c6)cc43)C3(c4ccccc4-c4ccccc43)c3ccccc3-5)cc2C(C)(C)C)cc1. The summed E-state index contributed by atoms with van der Waals surface area (Å²) in [6.45, 7) is 26.0. The predicted molar refractivity (Wildman–Crippen MR) is 399 cm³/mol. The van der Waals surface area contributed by atoms with Gasteiger partial charge in [0.25, 0.3) is 0 Å². The maximum Gasteiger partial charge on any atom is 0.137 e. The van der Waals surface area contributed by atoms with Crippen molar-refractivity contribution < 1.29 is 8.85 Å². The van der Waals surface area contributed by atoms with Crippen molar-refractivity contribution in [3.8, 4) is 73.0 Å². The molecule has 468 valence electrons. The molecule has 2 aliphatic carbocycles. The molecule has 13 aromatic rings. The highest BCUT2D eigenvalue weighted by Crippen LogP contribution is 2.67. The Bertz CT molecular complexity index is 5300. The second-order valence-electron chi connectivity index (χ2n) is 30.6. The molecule has 0 amide bonds. The Labute approximate surface area is 565 Å². The van der Waals surface area contributed by atoms with Gasteiger partial charge in [-0.1, -0.05) is 271 Å². The molecule has 1 aliphatic heterocycles. The summed E-state index contributed by atoms with van der Waals surface area (Å²) in [5.74, 6) is 2.24. The third-order valence-corrected chi connectivity index (χ3v) is 20.4. The van der Waals surface area contributed by atoms with E-state index >= 15 is 0 Å². The van der Waals surface area contributed by atoms with Gasteiger partial charge in [-0.15, -0.1) is 0 Å². The van der Waals surface area contributed by atoms with Crippen molar-refractivity contribution in [3.63, 3.8) is 0 Å². The zero-order valence-corrected chi connectivity index (χ0v) is 56.6. The van der Waals surface area contributed by atoms with Gasteiger partial charge in [0.1, 0.15) is 24.0 Å². The molecule has 5 nitrogen and oxygen atoms in total. The standard InChI is InChI=1S/C90H82N4O/c1-56-42-44-58(45-43-56)71-54-91-81(52-75(71)89(11,12)13)94-76-39-24-20-35-68(76)82-79(94)53-80(84-83(82)67-34-19-23-38-74(67)90(84)72-36-21-17-32-65(72)66-33-18-22-37-73(66)90)95-64-31-27-30-63(51-64)92-55-93(78-41-26-25-40-77(78)92)85-69(57-28-15-14-16-29-57)49-62(88(8,9)10)50-70(85)59-46-60(86(2,3)4)48-61(47-59)87(5,6)7/h14-54H,55H2,1-13H3/i1D3. The molecule has 3 heterocycles. The summed E-state index contributed by atoms with van der Waals surface area (Å²) in [6.07, 6.45) is 1.98. The molecule has 0 saturated carbocycles. The number of nitrogens with zero attached hydrogens (tertiary/aromatic N) is 4. The third kappa shape index (κ3) is 9.58. The average Bonchev–Trinajstić information content (AvgIpc) is 1.49. The van der Waals surface area contributed by atoms with Gasteiger partial charge in [-0.25, -0.2) is 4.98 Å². The summed E-state index contributed by atoms with van der Waals surface area (Å²) in [4.78, 5) is 10.4. The first-order valence-electron chi connectivity index (χ1n) is 35.1. The summed E-state index contributed by atoms with van der Waals surface area (Å²) in [7, 11) is 0. The van der Waals surface area contributed by atoms with Crippen LogP contribution in [0.15, 0.2) is 249 Å². The highest BCUT2D eigenvalue weighted by molar-refractivity contribution is 6.20. The molecular weight excluding hydrogens is 1150 g/mol. The number of hydrogen-bond donors (Lipinski definition) is 0. The number of aromatic nitrogens is 2. The molecule has 0 radical (unpaired) electrons. The first kappa shape index (κ1) is 56.3. The van der Waals surface area contributed by atoms with E-state index in [1.165, 1.54) is 78.0 Å². The minimum atomic E-state index is -2.21. The molecule has 0 fully saturated rings. The average molecular weight is 1240 g/mol.